The molecule has 0 bridgehead atoms. The maximum atomic E-state index is 11.8. The Labute approximate surface area is 109 Å². The summed E-state index contributed by atoms with van der Waals surface area (Å²) in [4.78, 5) is 23.1. The monoisotopic (exact) mass is 260 g/mol. The fourth-order valence-corrected chi connectivity index (χ4v) is 2.09. The topological polar surface area (TPSA) is 78.9 Å². The number of hydrazine groups is 1. The number of aliphatic hydroxyl groups excluding tert-OH is 1. The van der Waals surface area contributed by atoms with Gasteiger partial charge in [0.05, 0.1) is 0 Å². The summed E-state index contributed by atoms with van der Waals surface area (Å²) in [6.07, 6.45) is 0.785. The first-order chi connectivity index (χ1) is 9.15. The van der Waals surface area contributed by atoms with Crippen molar-refractivity contribution in [1.29, 1.82) is 0 Å². The minimum absolute atomic E-state index is 0.112. The SMILES string of the molecule is O=C1CCC(=O)N(C2Oc3ccccc3C=C2O)N1. The van der Waals surface area contributed by atoms with Crippen LogP contribution in [-0.2, 0) is 9.59 Å². The molecule has 98 valence electrons. The van der Waals surface area contributed by atoms with Gasteiger partial charge in [-0.25, -0.2) is 5.01 Å². The van der Waals surface area contributed by atoms with Gasteiger partial charge < -0.3 is 9.84 Å². The zero-order valence-electron chi connectivity index (χ0n) is 10.00. The Bertz CT molecular complexity index is 582. The Morgan fingerprint density at radius 1 is 1.26 bits per heavy atom. The molecule has 2 amide bonds. The third-order valence-corrected chi connectivity index (χ3v) is 3.03. The van der Waals surface area contributed by atoms with Gasteiger partial charge >= 0.3 is 0 Å². The van der Waals surface area contributed by atoms with Gasteiger partial charge in [-0.1, -0.05) is 18.2 Å². The number of aliphatic hydroxyl groups is 1. The lowest BCUT2D eigenvalue weighted by molar-refractivity contribution is -0.157. The van der Waals surface area contributed by atoms with Gasteiger partial charge in [0.2, 0.25) is 18.0 Å². The normalized spacial score (nSPS) is 22.2. The quantitative estimate of drug-likeness (QED) is 0.788. The van der Waals surface area contributed by atoms with E-state index in [2.05, 4.69) is 5.43 Å². The van der Waals surface area contributed by atoms with Crippen molar-refractivity contribution in [2.75, 3.05) is 0 Å². The van der Waals surface area contributed by atoms with Crippen LogP contribution in [0.4, 0.5) is 0 Å². The van der Waals surface area contributed by atoms with Crippen LogP contribution in [-0.4, -0.2) is 28.2 Å². The summed E-state index contributed by atoms with van der Waals surface area (Å²) in [6, 6.07) is 7.14. The second-order valence-electron chi connectivity index (χ2n) is 4.38. The number of ether oxygens (including phenoxy) is 1. The molecule has 0 radical (unpaired) electrons. The van der Waals surface area contributed by atoms with E-state index >= 15 is 0 Å². The van der Waals surface area contributed by atoms with Crippen molar-refractivity contribution in [3.63, 3.8) is 0 Å². The summed E-state index contributed by atoms with van der Waals surface area (Å²) in [5.41, 5.74) is 3.14. The van der Waals surface area contributed by atoms with Crippen molar-refractivity contribution in [2.45, 2.75) is 19.1 Å². The molecule has 1 fully saturated rings. The van der Waals surface area contributed by atoms with E-state index in [-0.39, 0.29) is 30.4 Å². The lowest BCUT2D eigenvalue weighted by Gasteiger charge is -2.35. The summed E-state index contributed by atoms with van der Waals surface area (Å²) in [7, 11) is 0. The van der Waals surface area contributed by atoms with Crippen molar-refractivity contribution in [1.82, 2.24) is 10.4 Å². The Morgan fingerprint density at radius 2 is 2.05 bits per heavy atom. The van der Waals surface area contributed by atoms with Gasteiger partial charge in [-0.2, -0.15) is 0 Å². The molecular formula is C13H12N2O4. The summed E-state index contributed by atoms with van der Waals surface area (Å²) < 4.78 is 5.57. The maximum absolute atomic E-state index is 11.8. The first kappa shape index (κ1) is 11.6. The molecule has 1 atom stereocenters. The van der Waals surface area contributed by atoms with Crippen LogP contribution in [0.1, 0.15) is 18.4 Å². The van der Waals surface area contributed by atoms with Crippen molar-refractivity contribution < 1.29 is 19.4 Å². The van der Waals surface area contributed by atoms with E-state index in [0.717, 1.165) is 10.6 Å². The second-order valence-corrected chi connectivity index (χ2v) is 4.38. The highest BCUT2D eigenvalue weighted by Crippen LogP contribution is 2.29. The average molecular weight is 260 g/mol. The molecule has 6 heteroatoms. The molecule has 1 unspecified atom stereocenters. The van der Waals surface area contributed by atoms with Crippen LogP contribution in [0.15, 0.2) is 30.0 Å². The van der Waals surface area contributed by atoms with Gasteiger partial charge in [0, 0.05) is 18.4 Å². The summed E-state index contributed by atoms with van der Waals surface area (Å²) in [6.45, 7) is 0. The van der Waals surface area contributed by atoms with E-state index < -0.39 is 6.23 Å². The van der Waals surface area contributed by atoms with Gasteiger partial charge in [0.15, 0.2) is 5.76 Å². The third-order valence-electron chi connectivity index (χ3n) is 3.03. The average Bonchev–Trinajstić information content (AvgIpc) is 2.41. The van der Waals surface area contributed by atoms with E-state index in [1.165, 1.54) is 6.08 Å². The highest BCUT2D eigenvalue weighted by molar-refractivity contribution is 5.89. The van der Waals surface area contributed by atoms with Crippen molar-refractivity contribution >= 4 is 17.9 Å². The fourth-order valence-electron chi connectivity index (χ4n) is 2.09. The summed E-state index contributed by atoms with van der Waals surface area (Å²) >= 11 is 0. The van der Waals surface area contributed by atoms with E-state index in [1.807, 2.05) is 6.07 Å². The Kier molecular flexibility index (Phi) is 2.63. The van der Waals surface area contributed by atoms with Gasteiger partial charge in [-0.05, 0) is 12.1 Å². The minimum atomic E-state index is -1.01. The van der Waals surface area contributed by atoms with Crippen LogP contribution < -0.4 is 10.2 Å². The molecule has 0 aromatic heterocycles. The zero-order valence-corrected chi connectivity index (χ0v) is 10.00. The fraction of sp³-hybridized carbons (Fsp3) is 0.231. The number of carbonyl (C=O) groups excluding carboxylic acids is 2. The number of nitrogens with one attached hydrogen (secondary N) is 1. The third kappa shape index (κ3) is 2.01. The van der Waals surface area contributed by atoms with Gasteiger partial charge in [0.25, 0.3) is 0 Å². The molecule has 1 aromatic rings. The van der Waals surface area contributed by atoms with Crippen molar-refractivity contribution in [2.24, 2.45) is 0 Å². The van der Waals surface area contributed by atoms with Crippen molar-refractivity contribution in [3.05, 3.63) is 35.6 Å². The molecular weight excluding hydrogens is 248 g/mol. The molecule has 0 saturated carbocycles. The lowest BCUT2D eigenvalue weighted by atomic mass is 10.1. The number of fused-ring (bicyclic) bond motifs is 1. The number of hydrogen-bond donors (Lipinski definition) is 2. The van der Waals surface area contributed by atoms with Gasteiger partial charge in [-0.15, -0.1) is 0 Å². The predicted octanol–water partition coefficient (Wildman–Crippen LogP) is 0.958. The molecule has 2 aliphatic rings. The number of rotatable bonds is 1. The van der Waals surface area contributed by atoms with Crippen LogP contribution in [0.2, 0.25) is 0 Å². The van der Waals surface area contributed by atoms with E-state index in [4.69, 9.17) is 4.74 Å². The first-order valence-electron chi connectivity index (χ1n) is 5.93. The van der Waals surface area contributed by atoms with Crippen molar-refractivity contribution in [3.8, 4) is 5.75 Å². The molecule has 1 saturated heterocycles. The number of carbonyl (C=O) groups is 2. The van der Waals surface area contributed by atoms with E-state index in [0.29, 0.717) is 5.75 Å². The maximum Gasteiger partial charge on any atom is 0.249 e. The Morgan fingerprint density at radius 3 is 2.89 bits per heavy atom. The van der Waals surface area contributed by atoms with Gasteiger partial charge in [-0.3, -0.25) is 15.0 Å². The van der Waals surface area contributed by atoms with Gasteiger partial charge in [0.1, 0.15) is 5.75 Å². The number of hydrogen-bond acceptors (Lipinski definition) is 4. The highest BCUT2D eigenvalue weighted by Gasteiger charge is 2.35. The molecule has 6 nitrogen and oxygen atoms in total. The summed E-state index contributed by atoms with van der Waals surface area (Å²) in [5, 5.41) is 11.0. The van der Waals surface area contributed by atoms with Crippen LogP contribution in [0.3, 0.4) is 0 Å². The smallest absolute Gasteiger partial charge is 0.249 e. The standard InChI is InChI=1S/C13H12N2O4/c16-9-7-8-3-1-2-4-10(8)19-13(9)15-12(18)6-5-11(17)14-15/h1-4,7,13,16H,5-6H2,(H,14,17). The molecule has 1 aromatic carbocycles. The largest absolute Gasteiger partial charge is 0.506 e. The van der Waals surface area contributed by atoms with E-state index in [9.17, 15) is 14.7 Å². The minimum Gasteiger partial charge on any atom is -0.506 e. The molecule has 19 heavy (non-hydrogen) atoms. The zero-order chi connectivity index (χ0) is 13.4. The number of amides is 2. The van der Waals surface area contributed by atoms with Crippen LogP contribution in [0.25, 0.3) is 6.08 Å². The molecule has 2 aliphatic heterocycles. The Balaban J connectivity index is 1.91. The Hall–Kier alpha value is -2.50. The van der Waals surface area contributed by atoms with Crippen LogP contribution >= 0.6 is 0 Å². The number of nitrogens with zero attached hydrogens (tertiary/aromatic N) is 1. The molecule has 2 N–H and O–H groups in total. The first-order valence-corrected chi connectivity index (χ1v) is 5.93. The molecule has 2 heterocycles. The molecule has 0 aliphatic carbocycles. The summed E-state index contributed by atoms with van der Waals surface area (Å²) in [5.74, 6) is -0.119. The lowest BCUT2D eigenvalue weighted by Crippen LogP contribution is -2.58. The molecule has 0 spiro atoms. The predicted molar refractivity (Wildman–Crippen MR) is 65.7 cm³/mol. The number of para-hydroxylation sites is 1. The second kappa shape index (κ2) is 4.31. The highest BCUT2D eigenvalue weighted by atomic mass is 16.5. The number of benzene rings is 1. The van der Waals surface area contributed by atoms with Crippen LogP contribution in [0, 0.1) is 0 Å². The molecule has 3 rings (SSSR count). The van der Waals surface area contributed by atoms with E-state index in [1.54, 1.807) is 18.2 Å². The van der Waals surface area contributed by atoms with Crippen LogP contribution in [0.5, 0.6) is 5.75 Å².